The number of ether oxygens (including phenoxy) is 1. The first-order valence-electron chi connectivity index (χ1n) is 6.27. The first-order chi connectivity index (χ1) is 9.61. The third-order valence-electron chi connectivity index (χ3n) is 3.04. The summed E-state index contributed by atoms with van der Waals surface area (Å²) in [5, 5.41) is 3.10. The van der Waals surface area contributed by atoms with Crippen LogP contribution >= 0.6 is 0 Å². The third-order valence-corrected chi connectivity index (χ3v) is 3.04. The Balaban J connectivity index is 2.32. The summed E-state index contributed by atoms with van der Waals surface area (Å²) in [6.07, 6.45) is 0. The van der Waals surface area contributed by atoms with Crippen LogP contribution in [0.15, 0.2) is 48.5 Å². The summed E-state index contributed by atoms with van der Waals surface area (Å²) < 4.78 is 18.1. The van der Waals surface area contributed by atoms with Crippen molar-refractivity contribution in [2.75, 3.05) is 12.4 Å². The van der Waals surface area contributed by atoms with E-state index in [-0.39, 0.29) is 5.82 Å². The number of esters is 1. The third kappa shape index (κ3) is 3.15. The molecule has 20 heavy (non-hydrogen) atoms. The van der Waals surface area contributed by atoms with Crippen molar-refractivity contribution in [3.63, 3.8) is 0 Å². The molecule has 0 spiro atoms. The van der Waals surface area contributed by atoms with E-state index in [1.807, 2.05) is 30.3 Å². The maximum absolute atomic E-state index is 13.3. The van der Waals surface area contributed by atoms with Gasteiger partial charge in [0.2, 0.25) is 0 Å². The molecule has 0 amide bonds. The number of methoxy groups -OCH3 is 1. The maximum Gasteiger partial charge on any atom is 0.332 e. The van der Waals surface area contributed by atoms with Gasteiger partial charge in [0, 0.05) is 5.69 Å². The number of benzene rings is 2. The lowest BCUT2D eigenvalue weighted by molar-refractivity contribution is -0.141. The van der Waals surface area contributed by atoms with Crippen LogP contribution in [0.3, 0.4) is 0 Å². The molecule has 1 unspecified atom stereocenters. The van der Waals surface area contributed by atoms with Crippen LogP contribution < -0.4 is 5.32 Å². The topological polar surface area (TPSA) is 38.3 Å². The van der Waals surface area contributed by atoms with Gasteiger partial charge in [-0.25, -0.2) is 9.18 Å². The molecule has 1 atom stereocenters. The summed E-state index contributed by atoms with van der Waals surface area (Å²) in [5.74, 6) is -0.711. The highest BCUT2D eigenvalue weighted by atomic mass is 19.1. The number of halogens is 1. The number of hydrogen-bond donors (Lipinski definition) is 1. The van der Waals surface area contributed by atoms with Gasteiger partial charge in [0.05, 0.1) is 7.11 Å². The van der Waals surface area contributed by atoms with Crippen LogP contribution in [0.25, 0.3) is 0 Å². The van der Waals surface area contributed by atoms with Crippen LogP contribution in [0.2, 0.25) is 0 Å². The van der Waals surface area contributed by atoms with Gasteiger partial charge >= 0.3 is 5.97 Å². The first kappa shape index (κ1) is 14.1. The lowest BCUT2D eigenvalue weighted by Gasteiger charge is -2.18. The number of carbonyl (C=O) groups excluding carboxylic acids is 1. The molecule has 0 aliphatic rings. The maximum atomic E-state index is 13.3. The molecule has 2 aromatic carbocycles. The molecule has 104 valence electrons. The van der Waals surface area contributed by atoms with Crippen LogP contribution in [0.4, 0.5) is 10.1 Å². The Kier molecular flexibility index (Phi) is 4.35. The Morgan fingerprint density at radius 1 is 1.20 bits per heavy atom. The molecular formula is C16H16FNO2. The monoisotopic (exact) mass is 273 g/mol. The molecule has 0 aromatic heterocycles. The van der Waals surface area contributed by atoms with E-state index in [0.717, 1.165) is 5.69 Å². The minimum atomic E-state index is -0.665. The van der Waals surface area contributed by atoms with Gasteiger partial charge in [-0.1, -0.05) is 30.3 Å². The van der Waals surface area contributed by atoms with Gasteiger partial charge in [0.25, 0.3) is 0 Å². The number of hydrogen-bond acceptors (Lipinski definition) is 3. The smallest absolute Gasteiger partial charge is 0.332 e. The van der Waals surface area contributed by atoms with Gasteiger partial charge in [-0.05, 0) is 36.2 Å². The fourth-order valence-electron chi connectivity index (χ4n) is 1.94. The van der Waals surface area contributed by atoms with E-state index in [2.05, 4.69) is 5.32 Å². The zero-order valence-corrected chi connectivity index (χ0v) is 11.4. The number of para-hydroxylation sites is 1. The second kappa shape index (κ2) is 6.19. The zero-order valence-electron chi connectivity index (χ0n) is 11.4. The first-order valence-corrected chi connectivity index (χ1v) is 6.27. The van der Waals surface area contributed by atoms with Crippen LogP contribution in [-0.2, 0) is 9.53 Å². The molecule has 2 rings (SSSR count). The van der Waals surface area contributed by atoms with Crippen LogP contribution in [0.5, 0.6) is 0 Å². The summed E-state index contributed by atoms with van der Waals surface area (Å²) in [5.41, 5.74) is 1.95. The second-order valence-corrected chi connectivity index (χ2v) is 4.48. The minimum Gasteiger partial charge on any atom is -0.467 e. The van der Waals surface area contributed by atoms with E-state index in [1.54, 1.807) is 19.1 Å². The average molecular weight is 273 g/mol. The summed E-state index contributed by atoms with van der Waals surface area (Å²) in [6.45, 7) is 1.66. The second-order valence-electron chi connectivity index (χ2n) is 4.48. The molecule has 2 aromatic rings. The predicted molar refractivity (Wildman–Crippen MR) is 76.0 cm³/mol. The van der Waals surface area contributed by atoms with Crippen molar-refractivity contribution in [3.8, 4) is 0 Å². The van der Waals surface area contributed by atoms with E-state index in [9.17, 15) is 9.18 Å². The number of anilines is 1. The van der Waals surface area contributed by atoms with Gasteiger partial charge < -0.3 is 10.1 Å². The molecule has 0 saturated heterocycles. The van der Waals surface area contributed by atoms with Gasteiger partial charge in [-0.15, -0.1) is 0 Å². The summed E-state index contributed by atoms with van der Waals surface area (Å²) in [6, 6.07) is 13.2. The number of carbonyl (C=O) groups is 1. The summed E-state index contributed by atoms with van der Waals surface area (Å²) in [7, 11) is 1.33. The Morgan fingerprint density at radius 2 is 1.90 bits per heavy atom. The normalized spacial score (nSPS) is 11.8. The van der Waals surface area contributed by atoms with Gasteiger partial charge in [0.15, 0.2) is 6.04 Å². The van der Waals surface area contributed by atoms with Gasteiger partial charge in [0.1, 0.15) is 5.82 Å². The fourth-order valence-corrected chi connectivity index (χ4v) is 1.94. The highest BCUT2D eigenvalue weighted by molar-refractivity contribution is 5.81. The van der Waals surface area contributed by atoms with Crippen LogP contribution in [0.1, 0.15) is 17.2 Å². The lowest BCUT2D eigenvalue weighted by atomic mass is 10.0. The van der Waals surface area contributed by atoms with Crippen molar-refractivity contribution in [2.24, 2.45) is 0 Å². The van der Waals surface area contributed by atoms with E-state index in [0.29, 0.717) is 11.1 Å². The standard InChI is InChI=1S/C16H16FNO2/c1-11-10-12(8-9-14(11)17)15(16(19)20-2)18-13-6-4-3-5-7-13/h3-10,15,18H,1-2H3. The van der Waals surface area contributed by atoms with Crippen molar-refractivity contribution >= 4 is 11.7 Å². The molecule has 1 N–H and O–H groups in total. The Labute approximate surface area is 117 Å². The molecule has 0 fully saturated rings. The highest BCUT2D eigenvalue weighted by Crippen LogP contribution is 2.22. The van der Waals surface area contributed by atoms with Gasteiger partial charge in [-0.2, -0.15) is 0 Å². The SMILES string of the molecule is COC(=O)C(Nc1ccccc1)c1ccc(F)c(C)c1. The van der Waals surface area contributed by atoms with Crippen molar-refractivity contribution in [1.82, 2.24) is 0 Å². The Morgan fingerprint density at radius 3 is 2.50 bits per heavy atom. The van der Waals surface area contributed by atoms with Crippen molar-refractivity contribution in [2.45, 2.75) is 13.0 Å². The quantitative estimate of drug-likeness (QED) is 0.867. The average Bonchev–Trinajstić information content (AvgIpc) is 2.48. The summed E-state index contributed by atoms with van der Waals surface area (Å²) in [4.78, 5) is 11.9. The van der Waals surface area contributed by atoms with E-state index < -0.39 is 12.0 Å². The van der Waals surface area contributed by atoms with E-state index >= 15 is 0 Å². The molecule has 0 heterocycles. The Bertz CT molecular complexity index is 599. The van der Waals surface area contributed by atoms with E-state index in [4.69, 9.17) is 4.74 Å². The Hall–Kier alpha value is -2.36. The van der Waals surface area contributed by atoms with Crippen LogP contribution in [-0.4, -0.2) is 13.1 Å². The van der Waals surface area contributed by atoms with Crippen LogP contribution in [0, 0.1) is 12.7 Å². The largest absolute Gasteiger partial charge is 0.467 e. The van der Waals surface area contributed by atoms with Crippen molar-refractivity contribution in [3.05, 3.63) is 65.5 Å². The molecule has 3 nitrogen and oxygen atoms in total. The molecule has 0 aliphatic heterocycles. The van der Waals surface area contributed by atoms with E-state index in [1.165, 1.54) is 13.2 Å². The summed E-state index contributed by atoms with van der Waals surface area (Å²) >= 11 is 0. The number of aryl methyl sites for hydroxylation is 1. The molecule has 4 heteroatoms. The molecular weight excluding hydrogens is 257 g/mol. The lowest BCUT2D eigenvalue weighted by Crippen LogP contribution is -2.22. The fraction of sp³-hybridized carbons (Fsp3) is 0.188. The van der Waals surface area contributed by atoms with Crippen molar-refractivity contribution < 1.29 is 13.9 Å². The molecule has 0 saturated carbocycles. The minimum absolute atomic E-state index is 0.294. The zero-order chi connectivity index (χ0) is 14.5. The molecule has 0 aliphatic carbocycles. The molecule has 0 bridgehead atoms. The number of rotatable bonds is 4. The van der Waals surface area contributed by atoms with Crippen molar-refractivity contribution in [1.29, 1.82) is 0 Å². The highest BCUT2D eigenvalue weighted by Gasteiger charge is 2.21. The molecule has 0 radical (unpaired) electrons. The van der Waals surface area contributed by atoms with Gasteiger partial charge in [-0.3, -0.25) is 0 Å². The predicted octanol–water partition coefficient (Wildman–Crippen LogP) is 3.46. The number of nitrogens with one attached hydrogen (secondary N) is 1.